The van der Waals surface area contributed by atoms with Crippen LogP contribution in [0.4, 0.5) is 0 Å². The van der Waals surface area contributed by atoms with Crippen molar-refractivity contribution < 1.29 is 9.59 Å². The lowest BCUT2D eigenvalue weighted by molar-refractivity contribution is -0.143. The molecular formula is C25H35NO2. The lowest BCUT2D eigenvalue weighted by atomic mass is 9.69. The molecule has 0 radical (unpaired) electrons. The number of carbonyl (C=O) groups excluding carboxylic acids is 2. The lowest BCUT2D eigenvalue weighted by Gasteiger charge is -2.42. The van der Waals surface area contributed by atoms with Crippen LogP contribution in [0.2, 0.25) is 0 Å². The van der Waals surface area contributed by atoms with Crippen molar-refractivity contribution in [3.05, 3.63) is 47.0 Å². The van der Waals surface area contributed by atoms with Gasteiger partial charge in [-0.3, -0.25) is 14.5 Å². The minimum Gasteiger partial charge on any atom is -0.269 e. The summed E-state index contributed by atoms with van der Waals surface area (Å²) in [5.41, 5.74) is 3.73. The highest BCUT2D eigenvalue weighted by Gasteiger charge is 2.52. The van der Waals surface area contributed by atoms with Crippen molar-refractivity contribution in [2.75, 3.05) is 0 Å². The molecule has 0 unspecified atom stereocenters. The second kappa shape index (κ2) is 7.85. The third kappa shape index (κ3) is 3.94. The number of rotatable bonds is 7. The number of hydrogen-bond acceptors (Lipinski definition) is 2. The van der Waals surface area contributed by atoms with Crippen LogP contribution in [0.15, 0.2) is 30.4 Å². The first kappa shape index (κ1) is 20.8. The van der Waals surface area contributed by atoms with Crippen LogP contribution >= 0.6 is 0 Å². The Morgan fingerprint density at radius 1 is 0.929 bits per heavy atom. The molecule has 1 aliphatic heterocycles. The molecule has 0 bridgehead atoms. The van der Waals surface area contributed by atoms with Gasteiger partial charge in [0.05, 0.1) is 6.04 Å². The Morgan fingerprint density at radius 3 is 2.00 bits per heavy atom. The maximum Gasteiger partial charge on any atom is 0.254 e. The molecule has 1 aliphatic carbocycles. The van der Waals surface area contributed by atoms with Gasteiger partial charge in [-0.25, -0.2) is 0 Å². The predicted octanol–water partition coefficient (Wildman–Crippen LogP) is 5.49. The molecule has 1 aromatic carbocycles. The molecule has 0 saturated heterocycles. The molecule has 0 spiro atoms. The zero-order valence-corrected chi connectivity index (χ0v) is 18.3. The minimum absolute atomic E-state index is 0.0849. The number of nitrogens with zero attached hydrogens (tertiary/aromatic N) is 1. The molecule has 0 N–H and O–H groups in total. The predicted molar refractivity (Wildman–Crippen MR) is 114 cm³/mol. The Morgan fingerprint density at radius 2 is 1.50 bits per heavy atom. The average Bonchev–Trinajstić information content (AvgIpc) is 3.02. The first-order valence-electron chi connectivity index (χ1n) is 10.8. The molecule has 1 heterocycles. The van der Waals surface area contributed by atoms with Gasteiger partial charge in [-0.2, -0.15) is 0 Å². The maximum atomic E-state index is 12.7. The van der Waals surface area contributed by atoms with Gasteiger partial charge in [0, 0.05) is 17.6 Å². The molecule has 3 nitrogen and oxygen atoms in total. The average molecular weight is 382 g/mol. The van der Waals surface area contributed by atoms with E-state index in [1.165, 1.54) is 28.8 Å². The summed E-state index contributed by atoms with van der Waals surface area (Å²) >= 11 is 0. The van der Waals surface area contributed by atoms with E-state index in [1.54, 1.807) is 4.90 Å². The molecule has 2 aliphatic rings. The molecular weight excluding hydrogens is 346 g/mol. The van der Waals surface area contributed by atoms with Crippen LogP contribution in [0.3, 0.4) is 0 Å². The monoisotopic (exact) mass is 381 g/mol. The summed E-state index contributed by atoms with van der Waals surface area (Å²) in [6.07, 6.45) is 6.87. The molecule has 0 fully saturated rings. The molecule has 0 aromatic heterocycles. The zero-order chi connectivity index (χ0) is 20.6. The fraction of sp³-hybridized carbons (Fsp3) is 0.600. The molecule has 0 saturated carbocycles. The number of hydrogen-bond donors (Lipinski definition) is 0. The topological polar surface area (TPSA) is 37.4 Å². The van der Waals surface area contributed by atoms with Crippen molar-refractivity contribution in [2.24, 2.45) is 23.2 Å². The van der Waals surface area contributed by atoms with Crippen LogP contribution in [0, 0.1) is 23.2 Å². The van der Waals surface area contributed by atoms with Crippen molar-refractivity contribution in [3.8, 4) is 0 Å². The van der Waals surface area contributed by atoms with Crippen molar-refractivity contribution in [3.63, 3.8) is 0 Å². The third-order valence-corrected chi connectivity index (χ3v) is 6.00. The van der Waals surface area contributed by atoms with E-state index in [0.29, 0.717) is 17.8 Å². The Hall–Kier alpha value is -1.90. The van der Waals surface area contributed by atoms with Crippen molar-refractivity contribution in [1.82, 2.24) is 4.90 Å². The summed E-state index contributed by atoms with van der Waals surface area (Å²) in [6.45, 7) is 13.4. The first-order valence-corrected chi connectivity index (χ1v) is 10.8. The Labute approximate surface area is 170 Å². The highest BCUT2D eigenvalue weighted by atomic mass is 16.2. The van der Waals surface area contributed by atoms with Gasteiger partial charge < -0.3 is 0 Å². The van der Waals surface area contributed by atoms with E-state index >= 15 is 0 Å². The molecule has 152 valence electrons. The number of imide groups is 1. The van der Waals surface area contributed by atoms with Gasteiger partial charge >= 0.3 is 0 Å². The summed E-state index contributed by atoms with van der Waals surface area (Å²) < 4.78 is 0. The SMILES string of the molecule is CC(C)Cc1ccc2c(c1)[C@@H](N1C(=O)C=CC1=O)C(CC(C)C)(CC(C)C)C2. The second-order valence-corrected chi connectivity index (χ2v) is 10.1. The van der Waals surface area contributed by atoms with Crippen LogP contribution in [-0.2, 0) is 22.4 Å². The number of carbonyl (C=O) groups is 2. The van der Waals surface area contributed by atoms with Gasteiger partial charge in [0.2, 0.25) is 0 Å². The largest absolute Gasteiger partial charge is 0.269 e. The van der Waals surface area contributed by atoms with Crippen LogP contribution in [0.1, 0.15) is 77.1 Å². The van der Waals surface area contributed by atoms with Crippen LogP contribution in [0.25, 0.3) is 0 Å². The first-order chi connectivity index (χ1) is 13.1. The number of amides is 2. The van der Waals surface area contributed by atoms with Gasteiger partial charge in [0.25, 0.3) is 11.8 Å². The quantitative estimate of drug-likeness (QED) is 0.586. The normalized spacial score (nSPS) is 20.9. The van der Waals surface area contributed by atoms with E-state index in [1.807, 2.05) is 0 Å². The summed E-state index contributed by atoms with van der Waals surface area (Å²) in [7, 11) is 0. The van der Waals surface area contributed by atoms with Gasteiger partial charge in [0.1, 0.15) is 0 Å². The molecule has 2 amide bonds. The fourth-order valence-electron chi connectivity index (χ4n) is 5.62. The van der Waals surface area contributed by atoms with Gasteiger partial charge in [-0.15, -0.1) is 0 Å². The van der Waals surface area contributed by atoms with Crippen LogP contribution in [-0.4, -0.2) is 16.7 Å². The van der Waals surface area contributed by atoms with Crippen LogP contribution < -0.4 is 0 Å². The summed E-state index contributed by atoms with van der Waals surface area (Å²) in [4.78, 5) is 27.0. The summed E-state index contributed by atoms with van der Waals surface area (Å²) in [5, 5.41) is 0. The van der Waals surface area contributed by atoms with E-state index in [9.17, 15) is 9.59 Å². The Balaban J connectivity index is 2.13. The van der Waals surface area contributed by atoms with E-state index < -0.39 is 0 Å². The van der Waals surface area contributed by atoms with Crippen LogP contribution in [0.5, 0.6) is 0 Å². The second-order valence-electron chi connectivity index (χ2n) is 10.1. The molecule has 1 aromatic rings. The van der Waals surface area contributed by atoms with E-state index in [4.69, 9.17) is 0 Å². The summed E-state index contributed by atoms with van der Waals surface area (Å²) in [5.74, 6) is 1.27. The van der Waals surface area contributed by atoms with Gasteiger partial charge in [-0.05, 0) is 60.1 Å². The van der Waals surface area contributed by atoms with Crippen molar-refractivity contribution >= 4 is 11.8 Å². The van der Waals surface area contributed by atoms with E-state index in [-0.39, 0.29) is 23.3 Å². The van der Waals surface area contributed by atoms with E-state index in [2.05, 4.69) is 59.7 Å². The molecule has 28 heavy (non-hydrogen) atoms. The van der Waals surface area contributed by atoms with Gasteiger partial charge in [-0.1, -0.05) is 59.7 Å². The number of fused-ring (bicyclic) bond motifs is 1. The molecule has 1 atom stereocenters. The van der Waals surface area contributed by atoms with Gasteiger partial charge in [0.15, 0.2) is 0 Å². The fourth-order valence-corrected chi connectivity index (χ4v) is 5.62. The molecule has 3 heteroatoms. The zero-order valence-electron chi connectivity index (χ0n) is 18.3. The minimum atomic E-state index is -0.158. The van der Waals surface area contributed by atoms with E-state index in [0.717, 1.165) is 25.7 Å². The van der Waals surface area contributed by atoms with Crippen molar-refractivity contribution in [2.45, 2.75) is 73.3 Å². The molecule has 3 rings (SSSR count). The Bertz CT molecular complexity index is 760. The lowest BCUT2D eigenvalue weighted by Crippen LogP contribution is -2.43. The third-order valence-electron chi connectivity index (χ3n) is 6.00. The smallest absolute Gasteiger partial charge is 0.254 e. The highest BCUT2D eigenvalue weighted by molar-refractivity contribution is 6.13. The summed E-state index contributed by atoms with van der Waals surface area (Å²) in [6, 6.07) is 6.61. The van der Waals surface area contributed by atoms with Crippen molar-refractivity contribution in [1.29, 1.82) is 0 Å². The number of benzene rings is 1. The standard InChI is InChI=1S/C25H35NO2/c1-16(2)11-19-7-8-20-15-25(13-17(3)4,14-18(5)6)24(21(20)12-19)26-22(27)9-10-23(26)28/h7-10,12,16-18,24H,11,13-15H2,1-6H3/t24-/m1/s1. The maximum absolute atomic E-state index is 12.7. The Kier molecular flexibility index (Phi) is 5.84. The highest BCUT2D eigenvalue weighted by Crippen LogP contribution is 2.56.